The third-order valence-electron chi connectivity index (χ3n) is 4.16. The maximum atomic E-state index is 12.6. The van der Waals surface area contributed by atoms with Crippen molar-refractivity contribution in [3.8, 4) is 11.5 Å². The molecule has 4 rings (SSSR count). The van der Waals surface area contributed by atoms with E-state index in [0.717, 1.165) is 11.3 Å². The molecule has 1 unspecified atom stereocenters. The first-order valence-corrected chi connectivity index (χ1v) is 7.75. The minimum atomic E-state index is -0.653. The van der Waals surface area contributed by atoms with Gasteiger partial charge < -0.3 is 9.73 Å². The average molecular weight is 321 g/mol. The first-order valence-electron chi connectivity index (χ1n) is 7.75. The zero-order valence-electron chi connectivity index (χ0n) is 12.8. The Bertz CT molecular complexity index is 944. The summed E-state index contributed by atoms with van der Waals surface area (Å²) in [7, 11) is 0. The van der Waals surface area contributed by atoms with Crippen molar-refractivity contribution in [1.82, 2.24) is 9.78 Å². The largest absolute Gasteiger partial charge is 0.463 e. The lowest BCUT2D eigenvalue weighted by Crippen LogP contribution is -2.34. The van der Waals surface area contributed by atoms with Crippen LogP contribution in [0.3, 0.4) is 0 Å². The summed E-state index contributed by atoms with van der Waals surface area (Å²) < 4.78 is 6.57. The molecule has 1 atom stereocenters. The van der Waals surface area contributed by atoms with Crippen LogP contribution in [0.2, 0.25) is 0 Å². The number of aryl methyl sites for hydroxylation is 1. The normalized spacial score (nSPS) is 17.0. The Morgan fingerprint density at radius 1 is 1.08 bits per heavy atom. The van der Waals surface area contributed by atoms with E-state index >= 15 is 0 Å². The number of rotatable bonds is 2. The smallest absolute Gasteiger partial charge is 0.267 e. The summed E-state index contributed by atoms with van der Waals surface area (Å²) in [4.78, 5) is 24.9. The van der Waals surface area contributed by atoms with Crippen LogP contribution in [0.5, 0.6) is 0 Å². The number of nitrogens with one attached hydrogen (secondary N) is 1. The maximum absolute atomic E-state index is 12.6. The van der Waals surface area contributed by atoms with E-state index in [1.807, 2.05) is 24.3 Å². The predicted octanol–water partition coefficient (Wildman–Crippen LogP) is 2.63. The van der Waals surface area contributed by atoms with E-state index in [9.17, 15) is 9.59 Å². The van der Waals surface area contributed by atoms with Crippen molar-refractivity contribution in [3.63, 3.8) is 0 Å². The van der Waals surface area contributed by atoms with Gasteiger partial charge in [-0.3, -0.25) is 9.59 Å². The second kappa shape index (κ2) is 5.81. The first kappa shape index (κ1) is 14.4. The molecule has 24 heavy (non-hydrogen) atoms. The molecule has 1 aromatic carbocycles. The molecule has 6 nitrogen and oxygen atoms in total. The summed E-state index contributed by atoms with van der Waals surface area (Å²) in [6.07, 6.45) is 2.75. The fourth-order valence-electron chi connectivity index (χ4n) is 2.94. The zero-order chi connectivity index (χ0) is 16.5. The topological polar surface area (TPSA) is 77.1 Å². The molecule has 0 spiro atoms. The Morgan fingerprint density at radius 3 is 2.79 bits per heavy atom. The molecule has 1 aliphatic rings. The molecule has 0 saturated carbocycles. The number of hydrogen-bond acceptors (Lipinski definition) is 4. The molecule has 120 valence electrons. The lowest BCUT2D eigenvalue weighted by atomic mass is 10.1. The Labute approximate surface area is 137 Å². The van der Waals surface area contributed by atoms with Crippen LogP contribution in [-0.4, -0.2) is 15.7 Å². The highest BCUT2D eigenvalue weighted by molar-refractivity contribution is 5.95. The van der Waals surface area contributed by atoms with E-state index in [4.69, 9.17) is 4.42 Å². The Kier molecular flexibility index (Phi) is 3.49. The number of carbonyl (C=O) groups is 1. The van der Waals surface area contributed by atoms with E-state index in [0.29, 0.717) is 24.3 Å². The van der Waals surface area contributed by atoms with Gasteiger partial charge in [0.05, 0.1) is 6.26 Å². The molecule has 1 amide bonds. The third kappa shape index (κ3) is 2.52. The minimum Gasteiger partial charge on any atom is -0.463 e. The van der Waals surface area contributed by atoms with Crippen LogP contribution in [-0.2, 0) is 11.2 Å². The van der Waals surface area contributed by atoms with Gasteiger partial charge in [-0.1, -0.05) is 18.2 Å². The van der Waals surface area contributed by atoms with Crippen molar-refractivity contribution < 1.29 is 9.21 Å². The van der Waals surface area contributed by atoms with Gasteiger partial charge in [-0.05, 0) is 42.7 Å². The van der Waals surface area contributed by atoms with Crippen LogP contribution >= 0.6 is 0 Å². The molecule has 1 N–H and O–H groups in total. The predicted molar refractivity (Wildman–Crippen MR) is 88.6 cm³/mol. The van der Waals surface area contributed by atoms with Crippen molar-refractivity contribution in [3.05, 3.63) is 70.7 Å². The summed E-state index contributed by atoms with van der Waals surface area (Å²) in [6, 6.07) is 13.5. The Hall–Kier alpha value is -3.15. The zero-order valence-corrected chi connectivity index (χ0v) is 12.8. The molecule has 0 saturated heterocycles. The summed E-state index contributed by atoms with van der Waals surface area (Å²) in [5.41, 5.74) is 2.06. The number of carbonyl (C=O) groups excluding carboxylic acids is 1. The quantitative estimate of drug-likeness (QED) is 0.787. The molecule has 0 bridgehead atoms. The van der Waals surface area contributed by atoms with Gasteiger partial charge in [0.2, 0.25) is 5.91 Å². The fraction of sp³-hybridized carbons (Fsp3) is 0.167. The number of hydrogen-bond donors (Lipinski definition) is 1. The minimum absolute atomic E-state index is 0.230. The molecule has 0 fully saturated rings. The van der Waals surface area contributed by atoms with Crippen LogP contribution in [0.4, 0.5) is 5.69 Å². The first-order chi connectivity index (χ1) is 11.7. The number of furan rings is 1. The highest BCUT2D eigenvalue weighted by atomic mass is 16.3. The van der Waals surface area contributed by atoms with Gasteiger partial charge in [-0.15, -0.1) is 0 Å². The van der Waals surface area contributed by atoms with Crippen LogP contribution in [0.1, 0.15) is 18.0 Å². The highest BCUT2D eigenvalue weighted by Gasteiger charge is 2.27. The molecule has 6 heteroatoms. The van der Waals surface area contributed by atoms with Gasteiger partial charge in [0.15, 0.2) is 5.76 Å². The van der Waals surface area contributed by atoms with Crippen LogP contribution in [0.15, 0.2) is 64.0 Å². The molecule has 0 aliphatic carbocycles. The van der Waals surface area contributed by atoms with Crippen molar-refractivity contribution in [2.24, 2.45) is 0 Å². The Balaban J connectivity index is 1.73. The number of fused-ring (bicyclic) bond motifs is 1. The molecule has 2 aromatic heterocycles. The standard InChI is InChI=1S/C18H15N3O3/c22-17-10-8-14(16-6-3-11-24-16)20-21(17)15-9-7-12-4-1-2-5-13(12)19-18(15)23/h1-6,8,10-11,15H,7,9H2,(H,19,23). The van der Waals surface area contributed by atoms with Crippen molar-refractivity contribution >= 4 is 11.6 Å². The van der Waals surface area contributed by atoms with Crippen molar-refractivity contribution in [2.45, 2.75) is 18.9 Å². The molecule has 3 heterocycles. The molecular weight excluding hydrogens is 306 g/mol. The van der Waals surface area contributed by atoms with Gasteiger partial charge in [0.1, 0.15) is 11.7 Å². The fourth-order valence-corrected chi connectivity index (χ4v) is 2.94. The SMILES string of the molecule is O=C1Nc2ccccc2CCC1n1nc(-c2ccco2)ccc1=O. The number of anilines is 1. The molecule has 3 aromatic rings. The highest BCUT2D eigenvalue weighted by Crippen LogP contribution is 2.26. The lowest BCUT2D eigenvalue weighted by Gasteiger charge is -2.15. The average Bonchev–Trinajstić information content (AvgIpc) is 3.07. The summed E-state index contributed by atoms with van der Waals surface area (Å²) >= 11 is 0. The van der Waals surface area contributed by atoms with Crippen molar-refractivity contribution in [2.75, 3.05) is 5.32 Å². The molecular formula is C18H15N3O3. The summed E-state index contributed by atoms with van der Waals surface area (Å²) in [5.74, 6) is 0.326. The van der Waals surface area contributed by atoms with Gasteiger partial charge in [-0.25, -0.2) is 4.68 Å². The molecule has 0 radical (unpaired) electrons. The van der Waals surface area contributed by atoms with E-state index in [1.54, 1.807) is 24.5 Å². The number of aromatic nitrogens is 2. The number of nitrogens with zero attached hydrogens (tertiary/aromatic N) is 2. The van der Waals surface area contributed by atoms with Crippen LogP contribution in [0, 0.1) is 0 Å². The van der Waals surface area contributed by atoms with Gasteiger partial charge in [-0.2, -0.15) is 5.10 Å². The van der Waals surface area contributed by atoms with E-state index < -0.39 is 6.04 Å². The van der Waals surface area contributed by atoms with E-state index in [1.165, 1.54) is 10.7 Å². The number of para-hydroxylation sites is 1. The van der Waals surface area contributed by atoms with Gasteiger partial charge in [0.25, 0.3) is 5.56 Å². The third-order valence-corrected chi connectivity index (χ3v) is 4.16. The van der Waals surface area contributed by atoms with Crippen molar-refractivity contribution in [1.29, 1.82) is 0 Å². The van der Waals surface area contributed by atoms with Gasteiger partial charge >= 0.3 is 0 Å². The number of amides is 1. The van der Waals surface area contributed by atoms with E-state index in [-0.39, 0.29) is 11.5 Å². The van der Waals surface area contributed by atoms with Crippen LogP contribution in [0.25, 0.3) is 11.5 Å². The lowest BCUT2D eigenvalue weighted by molar-refractivity contribution is -0.119. The van der Waals surface area contributed by atoms with E-state index in [2.05, 4.69) is 10.4 Å². The monoisotopic (exact) mass is 321 g/mol. The second-order valence-corrected chi connectivity index (χ2v) is 5.68. The Morgan fingerprint density at radius 2 is 1.96 bits per heavy atom. The second-order valence-electron chi connectivity index (χ2n) is 5.68. The summed E-state index contributed by atoms with van der Waals surface area (Å²) in [5, 5.41) is 7.23. The van der Waals surface area contributed by atoms with Crippen LogP contribution < -0.4 is 10.9 Å². The summed E-state index contributed by atoms with van der Waals surface area (Å²) in [6.45, 7) is 0. The number of benzene rings is 1. The van der Waals surface area contributed by atoms with Gasteiger partial charge in [0, 0.05) is 11.8 Å². The maximum Gasteiger partial charge on any atom is 0.267 e. The molecule has 1 aliphatic heterocycles.